The average molecular weight is 330 g/mol. The number of hydrogen-bond donors (Lipinski definition) is 1. The number of carbonyl (C=O) groups excluding carboxylic acids is 2. The lowest BCUT2D eigenvalue weighted by Gasteiger charge is -2.31. The van der Waals surface area contributed by atoms with Gasteiger partial charge in [-0.15, -0.1) is 0 Å². The second-order valence-corrected chi connectivity index (χ2v) is 7.17. The lowest BCUT2D eigenvalue weighted by Crippen LogP contribution is -2.51. The average Bonchev–Trinajstić information content (AvgIpc) is 2.85. The predicted molar refractivity (Wildman–Crippen MR) is 97.9 cm³/mol. The molecule has 0 unspecified atom stereocenters. The minimum Gasteiger partial charge on any atom is -0.352 e. The molecule has 0 aliphatic heterocycles. The molecule has 1 aromatic rings. The summed E-state index contributed by atoms with van der Waals surface area (Å²) in [5.41, 5.74) is -0.238. The number of nitrogens with one attached hydrogen (secondary N) is 1. The van der Waals surface area contributed by atoms with Crippen LogP contribution in [-0.4, -0.2) is 24.4 Å². The molecule has 132 valence electrons. The molecule has 2 rings (SSSR count). The zero-order valence-corrected chi connectivity index (χ0v) is 15.2. The first-order valence-corrected chi connectivity index (χ1v) is 9.14. The topological polar surface area (TPSA) is 49.4 Å². The highest BCUT2D eigenvalue weighted by molar-refractivity contribution is 6.11. The summed E-state index contributed by atoms with van der Waals surface area (Å²) in [6.07, 6.45) is 6.84. The van der Waals surface area contributed by atoms with Crippen LogP contribution in [0.1, 0.15) is 59.3 Å². The molecule has 4 heteroatoms. The summed E-state index contributed by atoms with van der Waals surface area (Å²) in [7, 11) is 0. The highest BCUT2D eigenvalue weighted by Gasteiger charge is 2.40. The number of anilines is 1. The molecule has 1 aliphatic rings. The molecule has 1 fully saturated rings. The van der Waals surface area contributed by atoms with Crippen molar-refractivity contribution in [3.8, 4) is 0 Å². The van der Waals surface area contributed by atoms with E-state index in [0.29, 0.717) is 6.54 Å². The molecule has 24 heavy (non-hydrogen) atoms. The summed E-state index contributed by atoms with van der Waals surface area (Å²) >= 11 is 0. The van der Waals surface area contributed by atoms with Crippen molar-refractivity contribution >= 4 is 17.5 Å². The molecule has 1 aromatic carbocycles. The van der Waals surface area contributed by atoms with Crippen molar-refractivity contribution < 1.29 is 9.59 Å². The molecule has 4 nitrogen and oxygen atoms in total. The summed E-state index contributed by atoms with van der Waals surface area (Å²) < 4.78 is 0. The van der Waals surface area contributed by atoms with E-state index in [1.807, 2.05) is 37.3 Å². The van der Waals surface area contributed by atoms with Gasteiger partial charge in [-0.25, -0.2) is 0 Å². The fourth-order valence-electron chi connectivity index (χ4n) is 3.28. The number of benzene rings is 1. The van der Waals surface area contributed by atoms with Gasteiger partial charge in [0.2, 0.25) is 11.8 Å². The molecule has 0 spiro atoms. The Hall–Kier alpha value is -1.84. The van der Waals surface area contributed by atoms with Crippen molar-refractivity contribution in [1.29, 1.82) is 0 Å². The third kappa shape index (κ3) is 4.37. The molecule has 0 bridgehead atoms. The van der Waals surface area contributed by atoms with Crippen LogP contribution in [0.3, 0.4) is 0 Å². The Morgan fingerprint density at radius 1 is 1.08 bits per heavy atom. The van der Waals surface area contributed by atoms with Gasteiger partial charge in [-0.05, 0) is 45.7 Å². The number of para-hydroxylation sites is 1. The van der Waals surface area contributed by atoms with Gasteiger partial charge in [0, 0.05) is 18.3 Å². The van der Waals surface area contributed by atoms with E-state index in [1.165, 1.54) is 12.8 Å². The van der Waals surface area contributed by atoms with Crippen molar-refractivity contribution in [2.75, 3.05) is 11.4 Å². The van der Waals surface area contributed by atoms with Crippen LogP contribution in [0, 0.1) is 5.41 Å². The zero-order chi connectivity index (χ0) is 17.6. The summed E-state index contributed by atoms with van der Waals surface area (Å²) in [5, 5.41) is 3.12. The van der Waals surface area contributed by atoms with E-state index < -0.39 is 5.41 Å². The lowest BCUT2D eigenvalue weighted by atomic mass is 9.89. The minimum absolute atomic E-state index is 0.151. The van der Waals surface area contributed by atoms with Gasteiger partial charge in [0.1, 0.15) is 5.41 Å². The summed E-state index contributed by atoms with van der Waals surface area (Å²) in [5.74, 6) is -0.309. The van der Waals surface area contributed by atoms with E-state index in [9.17, 15) is 9.59 Å². The number of rotatable bonds is 5. The maximum absolute atomic E-state index is 13.0. The quantitative estimate of drug-likeness (QED) is 0.657. The number of nitrogens with zero attached hydrogens (tertiary/aromatic N) is 1. The van der Waals surface area contributed by atoms with Gasteiger partial charge < -0.3 is 10.2 Å². The molecule has 2 amide bonds. The normalized spacial score (nSPS) is 16.3. The summed E-state index contributed by atoms with van der Waals surface area (Å²) in [4.78, 5) is 27.5. The molecule has 0 radical (unpaired) electrons. The Bertz CT molecular complexity index is 546. The van der Waals surface area contributed by atoms with Gasteiger partial charge in [-0.1, -0.05) is 43.9 Å². The first-order valence-electron chi connectivity index (χ1n) is 9.14. The third-order valence-corrected chi connectivity index (χ3v) is 4.92. The van der Waals surface area contributed by atoms with E-state index in [1.54, 1.807) is 18.7 Å². The highest BCUT2D eigenvalue weighted by Crippen LogP contribution is 2.25. The predicted octanol–water partition coefficient (Wildman–Crippen LogP) is 3.90. The van der Waals surface area contributed by atoms with Crippen molar-refractivity contribution in [3.63, 3.8) is 0 Å². The van der Waals surface area contributed by atoms with Crippen molar-refractivity contribution in [2.24, 2.45) is 5.41 Å². The van der Waals surface area contributed by atoms with Crippen molar-refractivity contribution in [3.05, 3.63) is 30.3 Å². The maximum Gasteiger partial charge on any atom is 0.242 e. The molecule has 0 heterocycles. The van der Waals surface area contributed by atoms with Crippen LogP contribution in [0.5, 0.6) is 0 Å². The first kappa shape index (κ1) is 18.5. The van der Waals surface area contributed by atoms with Gasteiger partial charge >= 0.3 is 0 Å². The SMILES string of the molecule is CCN(C(=O)C(C)(C)C(=O)NC1CCCCCC1)c1ccccc1. The van der Waals surface area contributed by atoms with Crippen LogP contribution in [0.15, 0.2) is 30.3 Å². The Morgan fingerprint density at radius 2 is 1.67 bits per heavy atom. The third-order valence-electron chi connectivity index (χ3n) is 4.92. The Labute approximate surface area is 145 Å². The highest BCUT2D eigenvalue weighted by atomic mass is 16.2. The second kappa shape index (κ2) is 8.32. The van der Waals surface area contributed by atoms with Crippen LogP contribution >= 0.6 is 0 Å². The smallest absolute Gasteiger partial charge is 0.242 e. The molecule has 1 N–H and O–H groups in total. The molecular weight excluding hydrogens is 300 g/mol. The Morgan fingerprint density at radius 3 is 2.21 bits per heavy atom. The summed E-state index contributed by atoms with van der Waals surface area (Å²) in [6, 6.07) is 9.75. The molecular formula is C20H30N2O2. The largest absolute Gasteiger partial charge is 0.352 e. The van der Waals surface area contributed by atoms with Gasteiger partial charge in [0.05, 0.1) is 0 Å². The minimum atomic E-state index is -1.07. The van der Waals surface area contributed by atoms with Crippen LogP contribution in [-0.2, 0) is 9.59 Å². The van der Waals surface area contributed by atoms with Gasteiger partial charge in [0.15, 0.2) is 0 Å². The number of hydrogen-bond acceptors (Lipinski definition) is 2. The van der Waals surface area contributed by atoms with Gasteiger partial charge in [-0.2, -0.15) is 0 Å². The van der Waals surface area contributed by atoms with E-state index in [-0.39, 0.29) is 17.9 Å². The van der Waals surface area contributed by atoms with Gasteiger partial charge in [-0.3, -0.25) is 9.59 Å². The summed E-state index contributed by atoms with van der Waals surface area (Å²) in [6.45, 7) is 5.94. The number of amides is 2. The van der Waals surface area contributed by atoms with Gasteiger partial charge in [0.25, 0.3) is 0 Å². The first-order chi connectivity index (χ1) is 11.5. The maximum atomic E-state index is 13.0. The van der Waals surface area contributed by atoms with Crippen LogP contribution in [0.4, 0.5) is 5.69 Å². The fraction of sp³-hybridized carbons (Fsp3) is 0.600. The van der Waals surface area contributed by atoms with Crippen LogP contribution in [0.2, 0.25) is 0 Å². The molecule has 1 saturated carbocycles. The molecule has 0 atom stereocenters. The van der Waals surface area contributed by atoms with E-state index in [0.717, 1.165) is 31.4 Å². The molecule has 0 saturated heterocycles. The molecule has 0 aromatic heterocycles. The van der Waals surface area contributed by atoms with Crippen molar-refractivity contribution in [1.82, 2.24) is 5.32 Å². The zero-order valence-electron chi connectivity index (χ0n) is 15.2. The Kier molecular flexibility index (Phi) is 6.41. The van der Waals surface area contributed by atoms with E-state index >= 15 is 0 Å². The van der Waals surface area contributed by atoms with Crippen molar-refractivity contribution in [2.45, 2.75) is 65.3 Å². The monoisotopic (exact) mass is 330 g/mol. The van der Waals surface area contributed by atoms with Crippen LogP contribution in [0.25, 0.3) is 0 Å². The second-order valence-electron chi connectivity index (χ2n) is 7.17. The fourth-order valence-corrected chi connectivity index (χ4v) is 3.28. The lowest BCUT2D eigenvalue weighted by molar-refractivity contribution is -0.140. The Balaban J connectivity index is 2.08. The standard InChI is InChI=1S/C20H30N2O2/c1-4-22(17-14-10-7-11-15-17)19(24)20(2,3)18(23)21-16-12-8-5-6-9-13-16/h7,10-11,14-16H,4-6,8-9,12-13H2,1-3H3,(H,21,23). The van der Waals surface area contributed by atoms with E-state index in [2.05, 4.69) is 5.32 Å². The van der Waals surface area contributed by atoms with E-state index in [4.69, 9.17) is 0 Å². The molecule has 1 aliphatic carbocycles. The number of carbonyl (C=O) groups is 2. The van der Waals surface area contributed by atoms with Crippen LogP contribution < -0.4 is 10.2 Å².